The number of aromatic nitrogens is 5. The molecule has 0 amide bonds. The second-order valence-electron chi connectivity index (χ2n) is 6.11. The molecule has 0 atom stereocenters. The van der Waals surface area contributed by atoms with E-state index in [-0.39, 0.29) is 0 Å². The highest BCUT2D eigenvalue weighted by molar-refractivity contribution is 7.18. The van der Waals surface area contributed by atoms with Crippen LogP contribution in [-0.4, -0.2) is 51.1 Å². The highest BCUT2D eigenvalue weighted by Gasteiger charge is 2.25. The fourth-order valence-electron chi connectivity index (χ4n) is 2.81. The van der Waals surface area contributed by atoms with E-state index < -0.39 is 0 Å². The Morgan fingerprint density at radius 1 is 1.30 bits per heavy atom. The molecular weight excluding hydrogens is 362 g/mol. The maximum absolute atomic E-state index is 5.26. The maximum atomic E-state index is 5.26. The Kier molecular flexibility index (Phi) is 4.76. The summed E-state index contributed by atoms with van der Waals surface area (Å²) in [5.74, 6) is 1.27. The van der Waals surface area contributed by atoms with Gasteiger partial charge in [0, 0.05) is 38.0 Å². The van der Waals surface area contributed by atoms with Crippen LogP contribution in [0.2, 0.25) is 0 Å². The Morgan fingerprint density at radius 3 is 2.96 bits per heavy atom. The zero-order chi connectivity index (χ0) is 18.8. The Balaban J connectivity index is 1.77. The van der Waals surface area contributed by atoms with Crippen LogP contribution in [0.3, 0.4) is 0 Å². The molecule has 0 saturated carbocycles. The largest absolute Gasteiger partial charge is 0.396 e. The minimum Gasteiger partial charge on any atom is -0.396 e. The minimum atomic E-state index is 0.516. The quantitative estimate of drug-likeness (QED) is 0.642. The molecule has 0 aromatic carbocycles. The predicted molar refractivity (Wildman–Crippen MR) is 105 cm³/mol. The van der Waals surface area contributed by atoms with Gasteiger partial charge in [0.05, 0.1) is 10.6 Å². The van der Waals surface area contributed by atoms with Gasteiger partial charge in [-0.1, -0.05) is 5.16 Å². The van der Waals surface area contributed by atoms with Crippen molar-refractivity contribution in [2.45, 2.75) is 20.3 Å². The van der Waals surface area contributed by atoms with Gasteiger partial charge in [0.1, 0.15) is 23.0 Å². The molecule has 0 fully saturated rings. The van der Waals surface area contributed by atoms with Gasteiger partial charge in [0.2, 0.25) is 0 Å². The number of thiazole rings is 1. The lowest BCUT2D eigenvalue weighted by molar-refractivity contribution is 0.158. The van der Waals surface area contributed by atoms with Gasteiger partial charge in [-0.25, -0.2) is 9.97 Å². The zero-order valence-corrected chi connectivity index (χ0v) is 16.2. The average molecular weight is 381 g/mol. The second-order valence-corrected chi connectivity index (χ2v) is 7.11. The van der Waals surface area contributed by atoms with Gasteiger partial charge < -0.3 is 9.74 Å². The van der Waals surface area contributed by atoms with Crippen molar-refractivity contribution in [1.29, 1.82) is 0 Å². The fourth-order valence-corrected chi connectivity index (χ4v) is 3.80. The number of pyridine rings is 1. The minimum absolute atomic E-state index is 0.516. The molecule has 8 nitrogen and oxygen atoms in total. The number of aryl methyl sites for hydroxylation is 1. The lowest BCUT2D eigenvalue weighted by Crippen LogP contribution is -2.31. The summed E-state index contributed by atoms with van der Waals surface area (Å²) in [4.78, 5) is 21.8. The van der Waals surface area contributed by atoms with E-state index in [0.717, 1.165) is 51.3 Å². The standard InChI is InChI=1S/C18H19N7OS/c1-4-26-24-13-7-9-25(3)17-14(13)21-16(22-23-17)15-11(2)20-18(27-15)12-6-5-8-19-10-12/h5-6,8,10H,4,7,9H2,1-3H3/b24-13+. The first-order valence-electron chi connectivity index (χ1n) is 8.70. The van der Waals surface area contributed by atoms with E-state index in [9.17, 15) is 0 Å². The highest BCUT2D eigenvalue weighted by atomic mass is 32.1. The van der Waals surface area contributed by atoms with E-state index in [4.69, 9.17) is 9.82 Å². The molecule has 138 valence electrons. The molecule has 0 bridgehead atoms. The molecule has 1 aliphatic heterocycles. The number of hydrogen-bond donors (Lipinski definition) is 0. The smallest absolute Gasteiger partial charge is 0.194 e. The van der Waals surface area contributed by atoms with Crippen molar-refractivity contribution in [2.75, 3.05) is 25.1 Å². The summed E-state index contributed by atoms with van der Waals surface area (Å²) in [7, 11) is 1.98. The summed E-state index contributed by atoms with van der Waals surface area (Å²) in [5, 5.41) is 13.9. The van der Waals surface area contributed by atoms with Crippen molar-refractivity contribution in [3.8, 4) is 21.3 Å². The lowest BCUT2D eigenvalue weighted by Gasteiger charge is -2.25. The molecule has 3 aromatic rings. The summed E-state index contributed by atoms with van der Waals surface area (Å²) in [6.07, 6.45) is 4.30. The first-order chi connectivity index (χ1) is 13.2. The van der Waals surface area contributed by atoms with E-state index in [1.165, 1.54) is 11.3 Å². The summed E-state index contributed by atoms with van der Waals surface area (Å²) >= 11 is 1.54. The molecule has 0 aliphatic carbocycles. The van der Waals surface area contributed by atoms with E-state index in [1.54, 1.807) is 12.4 Å². The number of anilines is 1. The Labute approximate surface area is 161 Å². The third-order valence-electron chi connectivity index (χ3n) is 4.20. The Morgan fingerprint density at radius 2 is 2.19 bits per heavy atom. The van der Waals surface area contributed by atoms with Crippen LogP contribution in [0.1, 0.15) is 24.7 Å². The van der Waals surface area contributed by atoms with Crippen LogP contribution in [0.5, 0.6) is 0 Å². The van der Waals surface area contributed by atoms with Crippen molar-refractivity contribution in [3.63, 3.8) is 0 Å². The first kappa shape index (κ1) is 17.5. The van der Waals surface area contributed by atoms with Crippen LogP contribution in [0.25, 0.3) is 21.3 Å². The monoisotopic (exact) mass is 381 g/mol. The van der Waals surface area contributed by atoms with Gasteiger partial charge in [0.15, 0.2) is 11.6 Å². The van der Waals surface area contributed by atoms with Crippen LogP contribution in [0.4, 0.5) is 5.82 Å². The van der Waals surface area contributed by atoms with E-state index >= 15 is 0 Å². The van der Waals surface area contributed by atoms with Gasteiger partial charge >= 0.3 is 0 Å². The topological polar surface area (TPSA) is 89.3 Å². The van der Waals surface area contributed by atoms with E-state index in [2.05, 4.69) is 25.3 Å². The highest BCUT2D eigenvalue weighted by Crippen LogP contribution is 2.34. The van der Waals surface area contributed by atoms with Crippen LogP contribution in [0, 0.1) is 6.92 Å². The van der Waals surface area contributed by atoms with Crippen LogP contribution in [0.15, 0.2) is 29.7 Å². The zero-order valence-electron chi connectivity index (χ0n) is 15.4. The molecule has 4 heterocycles. The molecule has 0 N–H and O–H groups in total. The van der Waals surface area contributed by atoms with Crippen molar-refractivity contribution in [1.82, 2.24) is 25.1 Å². The summed E-state index contributed by atoms with van der Waals surface area (Å²) in [6, 6.07) is 3.89. The van der Waals surface area contributed by atoms with Crippen LogP contribution >= 0.6 is 11.3 Å². The van der Waals surface area contributed by atoms with Crippen molar-refractivity contribution >= 4 is 22.9 Å². The van der Waals surface area contributed by atoms with Crippen molar-refractivity contribution in [2.24, 2.45) is 5.16 Å². The van der Waals surface area contributed by atoms with Gasteiger partial charge in [-0.15, -0.1) is 21.5 Å². The molecule has 9 heteroatoms. The Bertz CT molecular complexity index is 987. The molecule has 0 unspecified atom stereocenters. The second kappa shape index (κ2) is 7.36. The summed E-state index contributed by atoms with van der Waals surface area (Å²) in [5.41, 5.74) is 3.36. The third-order valence-corrected chi connectivity index (χ3v) is 5.40. The molecule has 0 radical (unpaired) electrons. The molecule has 0 spiro atoms. The first-order valence-corrected chi connectivity index (χ1v) is 9.52. The maximum Gasteiger partial charge on any atom is 0.194 e. The number of rotatable bonds is 4. The van der Waals surface area contributed by atoms with E-state index in [1.807, 2.05) is 37.9 Å². The van der Waals surface area contributed by atoms with Gasteiger partial charge in [-0.2, -0.15) is 0 Å². The lowest BCUT2D eigenvalue weighted by atomic mass is 10.1. The molecule has 1 aliphatic rings. The van der Waals surface area contributed by atoms with Gasteiger partial charge in [-0.3, -0.25) is 4.98 Å². The Hall–Kier alpha value is -2.94. The van der Waals surface area contributed by atoms with E-state index in [0.29, 0.717) is 12.4 Å². The number of hydrogen-bond acceptors (Lipinski definition) is 9. The molecule has 3 aromatic heterocycles. The van der Waals surface area contributed by atoms with Gasteiger partial charge in [0.25, 0.3) is 0 Å². The summed E-state index contributed by atoms with van der Waals surface area (Å²) in [6.45, 7) is 5.18. The van der Waals surface area contributed by atoms with Crippen LogP contribution in [-0.2, 0) is 4.84 Å². The molecule has 4 rings (SSSR count). The average Bonchev–Trinajstić information content (AvgIpc) is 3.10. The predicted octanol–water partition coefficient (Wildman–Crippen LogP) is 2.95. The normalized spacial score (nSPS) is 15.1. The molecule has 0 saturated heterocycles. The molecular formula is C18H19N7OS. The van der Waals surface area contributed by atoms with Crippen molar-refractivity contribution < 1.29 is 4.84 Å². The fraction of sp³-hybridized carbons (Fsp3) is 0.333. The number of fused-ring (bicyclic) bond motifs is 1. The number of oxime groups is 1. The van der Waals surface area contributed by atoms with Crippen LogP contribution < -0.4 is 4.90 Å². The van der Waals surface area contributed by atoms with Gasteiger partial charge in [-0.05, 0) is 26.0 Å². The summed E-state index contributed by atoms with van der Waals surface area (Å²) < 4.78 is 0. The number of nitrogens with zero attached hydrogens (tertiary/aromatic N) is 7. The SMILES string of the molecule is CCO/N=C1\CCN(C)c2nnc(-c3sc(-c4cccnc4)nc3C)nc21. The third kappa shape index (κ3) is 3.37. The molecule has 27 heavy (non-hydrogen) atoms. The van der Waals surface area contributed by atoms with Crippen molar-refractivity contribution in [3.05, 3.63) is 35.9 Å².